The Labute approximate surface area is 147 Å². The minimum atomic E-state index is -0.900. The standard InChI is InChI=1S/C16H19BrN2O5/c1-10(2)16(15(21)22)5-6-18(9-16)14(20)7-11-3-4-12(19(23)24)8-13(11)17/h3-4,8,10H,5-7,9H2,1-2H3,(H,21,22). The van der Waals surface area contributed by atoms with Crippen molar-refractivity contribution in [1.82, 2.24) is 4.90 Å². The maximum absolute atomic E-state index is 12.5. The lowest BCUT2D eigenvalue weighted by Gasteiger charge is -2.28. The average molecular weight is 399 g/mol. The molecule has 130 valence electrons. The van der Waals surface area contributed by atoms with E-state index in [1.165, 1.54) is 12.1 Å². The van der Waals surface area contributed by atoms with E-state index in [0.29, 0.717) is 23.0 Å². The van der Waals surface area contributed by atoms with Crippen molar-refractivity contribution in [3.63, 3.8) is 0 Å². The molecule has 7 nitrogen and oxygen atoms in total. The number of carbonyl (C=O) groups excluding carboxylic acids is 1. The molecule has 0 spiro atoms. The highest BCUT2D eigenvalue weighted by molar-refractivity contribution is 9.10. The highest BCUT2D eigenvalue weighted by atomic mass is 79.9. The van der Waals surface area contributed by atoms with Gasteiger partial charge in [0.2, 0.25) is 5.91 Å². The molecule has 0 aromatic heterocycles. The first kappa shape index (κ1) is 18.4. The summed E-state index contributed by atoms with van der Waals surface area (Å²) in [4.78, 5) is 36.0. The number of nitro groups is 1. The van der Waals surface area contributed by atoms with Gasteiger partial charge in [0.05, 0.1) is 16.8 Å². The van der Waals surface area contributed by atoms with E-state index < -0.39 is 16.3 Å². The molecule has 8 heteroatoms. The second-order valence-corrected chi connectivity index (χ2v) is 7.25. The zero-order chi connectivity index (χ0) is 18.1. The van der Waals surface area contributed by atoms with E-state index in [4.69, 9.17) is 0 Å². The molecule has 1 amide bonds. The van der Waals surface area contributed by atoms with E-state index in [1.54, 1.807) is 11.0 Å². The van der Waals surface area contributed by atoms with Gasteiger partial charge < -0.3 is 10.0 Å². The Balaban J connectivity index is 2.12. The minimum absolute atomic E-state index is 0.0519. The number of nitro benzene ring substituents is 1. The van der Waals surface area contributed by atoms with E-state index in [1.807, 2.05) is 13.8 Å². The predicted molar refractivity (Wildman–Crippen MR) is 90.6 cm³/mol. The molecule has 1 aliphatic rings. The molecule has 0 aliphatic carbocycles. The van der Waals surface area contributed by atoms with Crippen molar-refractivity contribution in [2.45, 2.75) is 26.7 Å². The van der Waals surface area contributed by atoms with Crippen molar-refractivity contribution in [1.29, 1.82) is 0 Å². The number of hydrogen-bond acceptors (Lipinski definition) is 4. The number of likely N-dealkylation sites (tertiary alicyclic amines) is 1. The number of non-ortho nitro benzene ring substituents is 1. The van der Waals surface area contributed by atoms with Crippen LogP contribution < -0.4 is 0 Å². The van der Waals surface area contributed by atoms with Crippen LogP contribution in [-0.2, 0) is 16.0 Å². The summed E-state index contributed by atoms with van der Waals surface area (Å²) in [6.07, 6.45) is 0.513. The van der Waals surface area contributed by atoms with E-state index in [-0.39, 0.29) is 30.5 Å². The van der Waals surface area contributed by atoms with Crippen molar-refractivity contribution >= 4 is 33.5 Å². The van der Waals surface area contributed by atoms with Crippen LogP contribution >= 0.6 is 15.9 Å². The Morgan fingerprint density at radius 1 is 1.46 bits per heavy atom. The van der Waals surface area contributed by atoms with Crippen molar-refractivity contribution in [3.8, 4) is 0 Å². The highest BCUT2D eigenvalue weighted by Crippen LogP contribution is 2.38. The summed E-state index contributed by atoms with van der Waals surface area (Å²) in [5.74, 6) is -1.11. The fourth-order valence-corrected chi connectivity index (χ4v) is 3.51. The molecule has 1 aliphatic heterocycles. The zero-order valence-electron chi connectivity index (χ0n) is 13.5. The third kappa shape index (κ3) is 3.43. The molecule has 24 heavy (non-hydrogen) atoms. The lowest BCUT2D eigenvalue weighted by Crippen LogP contribution is -2.41. The molecule has 0 bridgehead atoms. The third-order valence-corrected chi connectivity index (χ3v) is 5.51. The highest BCUT2D eigenvalue weighted by Gasteiger charge is 2.48. The maximum Gasteiger partial charge on any atom is 0.311 e. The molecule has 1 atom stereocenters. The molecule has 1 aromatic carbocycles. The van der Waals surface area contributed by atoms with Gasteiger partial charge in [-0.05, 0) is 17.9 Å². The number of rotatable bonds is 5. The number of carboxylic acids is 1. The van der Waals surface area contributed by atoms with Gasteiger partial charge in [-0.2, -0.15) is 0 Å². The number of aliphatic carboxylic acids is 1. The summed E-state index contributed by atoms with van der Waals surface area (Å²) in [6.45, 7) is 4.32. The number of amides is 1. The van der Waals surface area contributed by atoms with Crippen LogP contribution in [0, 0.1) is 21.4 Å². The SMILES string of the molecule is CC(C)C1(C(=O)O)CCN(C(=O)Cc2ccc([N+](=O)[O-])cc2Br)C1. The number of benzene rings is 1. The summed E-state index contributed by atoms with van der Waals surface area (Å²) >= 11 is 3.25. The lowest BCUT2D eigenvalue weighted by molar-refractivity contribution is -0.384. The fourth-order valence-electron chi connectivity index (χ4n) is 3.01. The molecule has 1 fully saturated rings. The molecule has 1 heterocycles. The molecule has 2 rings (SSSR count). The fraction of sp³-hybridized carbons (Fsp3) is 0.500. The predicted octanol–water partition coefficient (Wildman–Crippen LogP) is 2.86. The topological polar surface area (TPSA) is 101 Å². The van der Waals surface area contributed by atoms with Gasteiger partial charge in [-0.25, -0.2) is 0 Å². The van der Waals surface area contributed by atoms with Crippen molar-refractivity contribution in [2.24, 2.45) is 11.3 Å². The Morgan fingerprint density at radius 3 is 2.58 bits per heavy atom. The van der Waals surface area contributed by atoms with E-state index in [9.17, 15) is 24.8 Å². The quantitative estimate of drug-likeness (QED) is 0.606. The van der Waals surface area contributed by atoms with Crippen LogP contribution in [0.15, 0.2) is 22.7 Å². The summed E-state index contributed by atoms with van der Waals surface area (Å²) in [5.41, 5.74) is -0.311. The van der Waals surface area contributed by atoms with Gasteiger partial charge in [0.1, 0.15) is 0 Å². The molecule has 1 N–H and O–H groups in total. The van der Waals surface area contributed by atoms with Crippen LogP contribution in [-0.4, -0.2) is 39.9 Å². The molecular formula is C16H19BrN2O5. The molecule has 0 radical (unpaired) electrons. The summed E-state index contributed by atoms with van der Waals surface area (Å²) in [6, 6.07) is 4.26. The Morgan fingerprint density at radius 2 is 2.12 bits per heavy atom. The molecule has 1 saturated heterocycles. The first-order chi connectivity index (χ1) is 11.2. The van der Waals surface area contributed by atoms with Crippen LogP contribution in [0.5, 0.6) is 0 Å². The summed E-state index contributed by atoms with van der Waals surface area (Å²) < 4.78 is 0.498. The van der Waals surface area contributed by atoms with Crippen LogP contribution in [0.3, 0.4) is 0 Å². The van der Waals surface area contributed by atoms with E-state index >= 15 is 0 Å². The number of carboxylic acid groups (broad SMARTS) is 1. The van der Waals surface area contributed by atoms with Gasteiger partial charge in [-0.15, -0.1) is 0 Å². The Bertz CT molecular complexity index is 691. The first-order valence-corrected chi connectivity index (χ1v) is 8.40. The second-order valence-electron chi connectivity index (χ2n) is 6.39. The van der Waals surface area contributed by atoms with Crippen molar-refractivity contribution in [3.05, 3.63) is 38.3 Å². The van der Waals surface area contributed by atoms with Crippen molar-refractivity contribution < 1.29 is 19.6 Å². The average Bonchev–Trinajstić information content (AvgIpc) is 2.96. The summed E-state index contributed by atoms with van der Waals surface area (Å²) in [5, 5.41) is 20.3. The molecule has 0 saturated carbocycles. The number of hydrogen-bond donors (Lipinski definition) is 1. The monoisotopic (exact) mass is 398 g/mol. The molecule has 1 unspecified atom stereocenters. The zero-order valence-corrected chi connectivity index (χ0v) is 15.1. The molecular weight excluding hydrogens is 380 g/mol. The van der Waals surface area contributed by atoms with Crippen LogP contribution in [0.2, 0.25) is 0 Å². The Hall–Kier alpha value is -1.96. The maximum atomic E-state index is 12.5. The van der Waals surface area contributed by atoms with Gasteiger partial charge in [0, 0.05) is 29.7 Å². The number of carbonyl (C=O) groups is 2. The van der Waals surface area contributed by atoms with Crippen LogP contribution in [0.4, 0.5) is 5.69 Å². The third-order valence-electron chi connectivity index (χ3n) is 4.77. The normalized spacial score (nSPS) is 20.4. The largest absolute Gasteiger partial charge is 0.481 e. The minimum Gasteiger partial charge on any atom is -0.481 e. The van der Waals surface area contributed by atoms with Crippen LogP contribution in [0.25, 0.3) is 0 Å². The van der Waals surface area contributed by atoms with Gasteiger partial charge >= 0.3 is 5.97 Å². The number of nitrogens with zero attached hydrogens (tertiary/aromatic N) is 2. The van der Waals surface area contributed by atoms with Gasteiger partial charge in [0.25, 0.3) is 5.69 Å². The second kappa shape index (κ2) is 6.88. The lowest BCUT2D eigenvalue weighted by atomic mass is 9.76. The summed E-state index contributed by atoms with van der Waals surface area (Å²) in [7, 11) is 0. The number of halogens is 1. The van der Waals surface area contributed by atoms with Gasteiger partial charge in [0.15, 0.2) is 0 Å². The smallest absolute Gasteiger partial charge is 0.311 e. The van der Waals surface area contributed by atoms with Gasteiger partial charge in [-0.1, -0.05) is 35.8 Å². The molecule has 1 aromatic rings. The van der Waals surface area contributed by atoms with E-state index in [0.717, 1.165) is 0 Å². The Kier molecular flexibility index (Phi) is 5.27. The first-order valence-electron chi connectivity index (χ1n) is 7.61. The van der Waals surface area contributed by atoms with E-state index in [2.05, 4.69) is 15.9 Å². The van der Waals surface area contributed by atoms with Crippen LogP contribution in [0.1, 0.15) is 25.8 Å². The van der Waals surface area contributed by atoms with Crippen molar-refractivity contribution in [2.75, 3.05) is 13.1 Å². The van der Waals surface area contributed by atoms with Gasteiger partial charge in [-0.3, -0.25) is 19.7 Å².